The van der Waals surface area contributed by atoms with E-state index in [1.165, 1.54) is 27.6 Å². The van der Waals surface area contributed by atoms with Crippen molar-refractivity contribution in [3.8, 4) is 34.1 Å². The van der Waals surface area contributed by atoms with Gasteiger partial charge in [0.25, 0.3) is 0 Å². The van der Waals surface area contributed by atoms with Gasteiger partial charge in [-0.2, -0.15) is 0 Å². The number of para-hydroxylation sites is 1. The van der Waals surface area contributed by atoms with Crippen LogP contribution in [-0.2, 0) is 0 Å². The molecule has 47 heavy (non-hydrogen) atoms. The first-order chi connectivity index (χ1) is 22.6. The van der Waals surface area contributed by atoms with Gasteiger partial charge in [-0.05, 0) is 98.0 Å². The summed E-state index contributed by atoms with van der Waals surface area (Å²) >= 11 is 0. The van der Waals surface area contributed by atoms with E-state index in [0.717, 1.165) is 62.2 Å². The lowest BCUT2D eigenvalue weighted by atomic mass is 9.93. The highest BCUT2D eigenvalue weighted by Crippen LogP contribution is 2.43. The third-order valence-electron chi connectivity index (χ3n) is 8.96. The van der Waals surface area contributed by atoms with Gasteiger partial charge in [-0.3, -0.25) is 4.57 Å². The van der Waals surface area contributed by atoms with Crippen LogP contribution in [0.2, 0.25) is 0 Å². The minimum atomic E-state index is 0.731. The Morgan fingerprint density at radius 3 is 2.15 bits per heavy atom. The predicted octanol–water partition coefficient (Wildman–Crippen LogP) is 9.19. The molecule has 0 N–H and O–H groups in total. The number of aryl methyl sites for hydroxylation is 3. The fourth-order valence-corrected chi connectivity index (χ4v) is 6.58. The molecule has 0 spiro atoms. The van der Waals surface area contributed by atoms with Crippen molar-refractivity contribution >= 4 is 33.4 Å². The van der Waals surface area contributed by atoms with E-state index in [0.29, 0.717) is 0 Å². The number of pyridine rings is 1. The lowest BCUT2D eigenvalue weighted by Crippen LogP contribution is -2.15. The van der Waals surface area contributed by atoms with Crippen LogP contribution in [0.1, 0.15) is 22.3 Å². The Kier molecular flexibility index (Phi) is 7.47. The molecule has 7 nitrogen and oxygen atoms in total. The van der Waals surface area contributed by atoms with Crippen LogP contribution in [0, 0.1) is 27.7 Å². The SMILES string of the molecule is Cc1ccnc(-n2c3ccccc3c3ccc(Oc4cccc(-n5nc(N(C)C)c(-c6c(C)ccc(C)c6C)c5N(C)C)c4)cc32)c1. The van der Waals surface area contributed by atoms with Gasteiger partial charge in [0, 0.05) is 57.3 Å². The van der Waals surface area contributed by atoms with Crippen molar-refractivity contribution in [2.24, 2.45) is 0 Å². The van der Waals surface area contributed by atoms with Crippen molar-refractivity contribution in [2.45, 2.75) is 27.7 Å². The minimum absolute atomic E-state index is 0.731. The number of hydrogen-bond acceptors (Lipinski definition) is 5. The van der Waals surface area contributed by atoms with Crippen LogP contribution in [-0.4, -0.2) is 47.5 Å². The van der Waals surface area contributed by atoms with Crippen molar-refractivity contribution in [3.63, 3.8) is 0 Å². The largest absolute Gasteiger partial charge is 0.457 e. The third kappa shape index (κ3) is 5.18. The number of hydrogen-bond donors (Lipinski definition) is 0. The first-order valence-corrected chi connectivity index (χ1v) is 15.9. The van der Waals surface area contributed by atoms with Gasteiger partial charge in [0.05, 0.1) is 22.3 Å². The molecular formula is C40H40N6O. The first-order valence-electron chi connectivity index (χ1n) is 15.9. The third-order valence-corrected chi connectivity index (χ3v) is 8.96. The van der Waals surface area contributed by atoms with Crippen LogP contribution >= 0.6 is 0 Å². The Labute approximate surface area is 276 Å². The lowest BCUT2D eigenvalue weighted by Gasteiger charge is -2.21. The highest BCUT2D eigenvalue weighted by atomic mass is 16.5. The Bertz CT molecular complexity index is 2290. The number of benzene rings is 4. The Morgan fingerprint density at radius 2 is 1.38 bits per heavy atom. The molecule has 0 radical (unpaired) electrons. The van der Waals surface area contributed by atoms with E-state index >= 15 is 0 Å². The molecule has 7 rings (SSSR count). The molecule has 0 saturated heterocycles. The average molecular weight is 621 g/mol. The topological polar surface area (TPSA) is 51.4 Å². The van der Waals surface area contributed by atoms with Gasteiger partial charge in [0.2, 0.25) is 0 Å². The van der Waals surface area contributed by atoms with Gasteiger partial charge >= 0.3 is 0 Å². The van der Waals surface area contributed by atoms with Crippen molar-refractivity contribution < 1.29 is 4.74 Å². The standard InChI is InChI=1S/C40H40N6O/c1-25-20-21-41-36(22-25)45-34-15-10-9-14-32(34)33-19-18-31(24-35(33)45)47-30-13-11-12-29(23-30)46-40(44(7)8)38(39(42-46)43(5)6)37-27(3)17-16-26(2)28(37)4/h9-24H,1-8H3. The molecule has 0 saturated carbocycles. The van der Waals surface area contributed by atoms with Crippen molar-refractivity contribution in [2.75, 3.05) is 38.0 Å². The van der Waals surface area contributed by atoms with Gasteiger partial charge in [-0.1, -0.05) is 36.4 Å². The Morgan fingerprint density at radius 1 is 0.638 bits per heavy atom. The predicted molar refractivity (Wildman–Crippen MR) is 195 cm³/mol. The molecule has 0 unspecified atom stereocenters. The summed E-state index contributed by atoms with van der Waals surface area (Å²) in [6, 6.07) is 31.4. The van der Waals surface area contributed by atoms with E-state index in [-0.39, 0.29) is 0 Å². The highest BCUT2D eigenvalue weighted by Gasteiger charge is 2.26. The van der Waals surface area contributed by atoms with Crippen molar-refractivity contribution in [1.29, 1.82) is 0 Å². The van der Waals surface area contributed by atoms with Gasteiger partial charge in [-0.15, -0.1) is 5.10 Å². The average Bonchev–Trinajstić information content (AvgIpc) is 3.60. The zero-order valence-electron chi connectivity index (χ0n) is 28.3. The molecule has 7 heteroatoms. The summed E-state index contributed by atoms with van der Waals surface area (Å²) in [6.45, 7) is 8.64. The summed E-state index contributed by atoms with van der Waals surface area (Å²) in [6.07, 6.45) is 1.86. The maximum atomic E-state index is 6.58. The molecule has 236 valence electrons. The van der Waals surface area contributed by atoms with E-state index in [1.807, 2.05) is 35.1 Å². The Balaban J connectivity index is 1.34. The second kappa shape index (κ2) is 11.7. The number of ether oxygens (including phenoxy) is 1. The summed E-state index contributed by atoms with van der Waals surface area (Å²) in [5.41, 5.74) is 10.3. The molecule has 0 atom stereocenters. The minimum Gasteiger partial charge on any atom is -0.457 e. The monoisotopic (exact) mass is 620 g/mol. The molecular weight excluding hydrogens is 580 g/mol. The number of nitrogens with zero attached hydrogens (tertiary/aromatic N) is 6. The summed E-state index contributed by atoms with van der Waals surface area (Å²) in [7, 11) is 8.26. The molecule has 0 aliphatic rings. The molecule has 0 bridgehead atoms. The van der Waals surface area contributed by atoms with E-state index < -0.39 is 0 Å². The molecule has 4 aromatic carbocycles. The molecule has 0 fully saturated rings. The van der Waals surface area contributed by atoms with Crippen LogP contribution < -0.4 is 14.5 Å². The molecule has 0 aliphatic carbocycles. The van der Waals surface area contributed by atoms with Crippen molar-refractivity contribution in [1.82, 2.24) is 19.3 Å². The quantitative estimate of drug-likeness (QED) is 0.178. The maximum absolute atomic E-state index is 6.58. The van der Waals surface area contributed by atoms with Crippen molar-refractivity contribution in [3.05, 3.63) is 119 Å². The number of anilines is 2. The first kappa shape index (κ1) is 30.1. The smallest absolute Gasteiger partial charge is 0.160 e. The van der Waals surface area contributed by atoms with Gasteiger partial charge in [0.1, 0.15) is 23.1 Å². The normalized spacial score (nSPS) is 11.4. The summed E-state index contributed by atoms with van der Waals surface area (Å²) in [5, 5.41) is 7.53. The fourth-order valence-electron chi connectivity index (χ4n) is 6.58. The second-order valence-electron chi connectivity index (χ2n) is 12.7. The highest BCUT2D eigenvalue weighted by molar-refractivity contribution is 6.09. The van der Waals surface area contributed by atoms with Gasteiger partial charge in [-0.25, -0.2) is 9.67 Å². The van der Waals surface area contributed by atoms with E-state index in [4.69, 9.17) is 14.8 Å². The van der Waals surface area contributed by atoms with E-state index in [1.54, 1.807) is 0 Å². The van der Waals surface area contributed by atoms with Crippen LogP contribution in [0.15, 0.2) is 97.2 Å². The molecule has 0 amide bonds. The number of rotatable bonds is 7. The summed E-state index contributed by atoms with van der Waals surface area (Å²) < 4.78 is 10.8. The summed E-state index contributed by atoms with van der Waals surface area (Å²) in [5.74, 6) is 4.30. The molecule has 3 heterocycles. The second-order valence-corrected chi connectivity index (χ2v) is 12.7. The molecule has 7 aromatic rings. The number of fused-ring (bicyclic) bond motifs is 3. The van der Waals surface area contributed by atoms with Crippen LogP contribution in [0.25, 0.3) is 44.4 Å². The maximum Gasteiger partial charge on any atom is 0.160 e. The molecule has 3 aromatic heterocycles. The van der Waals surface area contributed by atoms with Gasteiger partial charge in [0.15, 0.2) is 5.82 Å². The van der Waals surface area contributed by atoms with Crippen LogP contribution in [0.5, 0.6) is 11.5 Å². The van der Waals surface area contributed by atoms with Gasteiger partial charge < -0.3 is 14.5 Å². The zero-order valence-corrected chi connectivity index (χ0v) is 28.3. The number of aromatic nitrogens is 4. The Hall–Kier alpha value is -5.56. The summed E-state index contributed by atoms with van der Waals surface area (Å²) in [4.78, 5) is 8.97. The molecule has 0 aliphatic heterocycles. The lowest BCUT2D eigenvalue weighted by molar-refractivity contribution is 0.483. The van der Waals surface area contributed by atoms with E-state index in [9.17, 15) is 0 Å². The van der Waals surface area contributed by atoms with Crippen LogP contribution in [0.3, 0.4) is 0 Å². The van der Waals surface area contributed by atoms with E-state index in [2.05, 4.69) is 137 Å². The fraction of sp³-hybridized carbons (Fsp3) is 0.200. The van der Waals surface area contributed by atoms with Crippen LogP contribution in [0.4, 0.5) is 11.6 Å². The zero-order chi connectivity index (χ0) is 33.0.